The van der Waals surface area contributed by atoms with E-state index in [2.05, 4.69) is 24.3 Å². The van der Waals surface area contributed by atoms with Gasteiger partial charge in [-0.25, -0.2) is 0 Å². The number of likely N-dealkylation sites (N-methyl/N-ethyl adjacent to an activating group) is 1. The zero-order valence-electron chi connectivity index (χ0n) is 9.80. The molecule has 1 aliphatic rings. The van der Waals surface area contributed by atoms with Gasteiger partial charge in [-0.05, 0) is 10.8 Å². The van der Waals surface area contributed by atoms with Crippen LogP contribution in [0.3, 0.4) is 0 Å². The van der Waals surface area contributed by atoms with Gasteiger partial charge in [0, 0.05) is 19.2 Å². The van der Waals surface area contributed by atoms with Crippen LogP contribution in [0.5, 0.6) is 0 Å². The molecule has 0 radical (unpaired) electrons. The van der Waals surface area contributed by atoms with E-state index < -0.39 is 0 Å². The van der Waals surface area contributed by atoms with Crippen molar-refractivity contribution in [1.82, 2.24) is 5.06 Å². The number of fused-ring (bicyclic) bond motifs is 1. The van der Waals surface area contributed by atoms with Crippen molar-refractivity contribution in [2.75, 3.05) is 20.2 Å². The Hall–Kier alpha value is -1.42. The molecule has 3 rings (SSSR count). The van der Waals surface area contributed by atoms with Crippen LogP contribution < -0.4 is 0 Å². The van der Waals surface area contributed by atoms with Crippen molar-refractivity contribution in [3.05, 3.63) is 48.0 Å². The molecule has 1 aliphatic heterocycles. The first-order valence-electron chi connectivity index (χ1n) is 5.82. The van der Waals surface area contributed by atoms with Crippen LogP contribution in [0, 0.1) is 0 Å². The summed E-state index contributed by atoms with van der Waals surface area (Å²) in [6.07, 6.45) is -0.292. The second-order valence-electron chi connectivity index (χ2n) is 4.23. The van der Waals surface area contributed by atoms with Crippen molar-refractivity contribution in [2.24, 2.45) is 0 Å². The molecule has 0 aliphatic carbocycles. The van der Waals surface area contributed by atoms with Crippen molar-refractivity contribution in [3.8, 4) is 0 Å². The van der Waals surface area contributed by atoms with E-state index in [0.29, 0.717) is 6.61 Å². The minimum Gasteiger partial charge on any atom is -0.346 e. The first-order valence-corrected chi connectivity index (χ1v) is 5.82. The van der Waals surface area contributed by atoms with E-state index in [-0.39, 0.29) is 6.29 Å². The van der Waals surface area contributed by atoms with Gasteiger partial charge in [0.15, 0.2) is 0 Å². The fourth-order valence-electron chi connectivity index (χ4n) is 2.14. The van der Waals surface area contributed by atoms with Crippen LogP contribution in [0.4, 0.5) is 0 Å². The molecular weight excluding hydrogens is 214 g/mol. The van der Waals surface area contributed by atoms with Gasteiger partial charge in [0.2, 0.25) is 6.29 Å². The van der Waals surface area contributed by atoms with Crippen molar-refractivity contribution < 1.29 is 9.57 Å². The van der Waals surface area contributed by atoms with Gasteiger partial charge in [-0.15, -0.1) is 0 Å². The van der Waals surface area contributed by atoms with Crippen LogP contribution in [0.2, 0.25) is 0 Å². The molecule has 1 unspecified atom stereocenters. The molecule has 0 saturated carbocycles. The third-order valence-corrected chi connectivity index (χ3v) is 3.03. The summed E-state index contributed by atoms with van der Waals surface area (Å²) in [5.41, 5.74) is 1.09. The standard InChI is InChI=1S/C14H15NO2/c1-15-9-10-16-14(17-15)13-8-4-6-11-5-2-3-7-12(11)13/h2-8,14H,9-10H2,1H3. The molecule has 0 N–H and O–H groups in total. The number of rotatable bonds is 1. The quantitative estimate of drug-likeness (QED) is 0.750. The topological polar surface area (TPSA) is 21.7 Å². The Balaban J connectivity index is 2.04. The minimum absolute atomic E-state index is 0.292. The van der Waals surface area contributed by atoms with E-state index in [1.807, 2.05) is 30.3 Å². The molecule has 2 aromatic rings. The van der Waals surface area contributed by atoms with Gasteiger partial charge in [-0.3, -0.25) is 4.84 Å². The molecule has 0 bridgehead atoms. The number of ether oxygens (including phenoxy) is 1. The van der Waals surface area contributed by atoms with Gasteiger partial charge < -0.3 is 4.74 Å². The number of hydrogen-bond acceptors (Lipinski definition) is 3. The average molecular weight is 229 g/mol. The molecule has 0 aromatic heterocycles. The molecule has 2 aromatic carbocycles. The lowest BCUT2D eigenvalue weighted by atomic mass is 10.0. The summed E-state index contributed by atoms with van der Waals surface area (Å²) in [7, 11) is 1.93. The van der Waals surface area contributed by atoms with E-state index >= 15 is 0 Å². The van der Waals surface area contributed by atoms with Crippen LogP contribution in [0.25, 0.3) is 10.8 Å². The van der Waals surface area contributed by atoms with E-state index in [0.717, 1.165) is 12.1 Å². The molecule has 3 heteroatoms. The molecule has 17 heavy (non-hydrogen) atoms. The fraction of sp³-hybridized carbons (Fsp3) is 0.286. The van der Waals surface area contributed by atoms with Crippen LogP contribution >= 0.6 is 0 Å². The van der Waals surface area contributed by atoms with Gasteiger partial charge in [-0.2, -0.15) is 5.06 Å². The Morgan fingerprint density at radius 2 is 1.94 bits per heavy atom. The predicted molar refractivity (Wildman–Crippen MR) is 66.4 cm³/mol. The van der Waals surface area contributed by atoms with Crippen LogP contribution in [0.15, 0.2) is 42.5 Å². The Labute approximate surface area is 101 Å². The molecule has 1 heterocycles. The zero-order chi connectivity index (χ0) is 11.7. The maximum atomic E-state index is 5.69. The normalized spacial score (nSPS) is 21.8. The summed E-state index contributed by atoms with van der Waals surface area (Å²) in [6, 6.07) is 14.5. The van der Waals surface area contributed by atoms with Gasteiger partial charge in [0.1, 0.15) is 0 Å². The molecule has 0 amide bonds. The predicted octanol–water partition coefficient (Wildman–Crippen LogP) is 2.73. The molecule has 88 valence electrons. The molecule has 1 fully saturated rings. The van der Waals surface area contributed by atoms with Crippen molar-refractivity contribution >= 4 is 10.8 Å². The zero-order valence-corrected chi connectivity index (χ0v) is 9.80. The highest BCUT2D eigenvalue weighted by Gasteiger charge is 2.21. The largest absolute Gasteiger partial charge is 0.346 e. The lowest BCUT2D eigenvalue weighted by Gasteiger charge is -2.30. The summed E-state index contributed by atoms with van der Waals surface area (Å²) in [5.74, 6) is 0. The lowest BCUT2D eigenvalue weighted by Crippen LogP contribution is -2.33. The SMILES string of the molecule is CN1CCOC(c2cccc3ccccc23)O1. The maximum Gasteiger partial charge on any atom is 0.204 e. The van der Waals surface area contributed by atoms with Crippen LogP contribution in [-0.4, -0.2) is 25.3 Å². The molecule has 1 saturated heterocycles. The highest BCUT2D eigenvalue weighted by atomic mass is 16.8. The number of benzene rings is 2. The van der Waals surface area contributed by atoms with Crippen molar-refractivity contribution in [1.29, 1.82) is 0 Å². The molecule has 0 spiro atoms. The van der Waals surface area contributed by atoms with E-state index in [1.165, 1.54) is 10.8 Å². The highest BCUT2D eigenvalue weighted by molar-refractivity contribution is 5.85. The average Bonchev–Trinajstić information content (AvgIpc) is 2.38. The Kier molecular flexibility index (Phi) is 2.81. The highest BCUT2D eigenvalue weighted by Crippen LogP contribution is 2.29. The van der Waals surface area contributed by atoms with E-state index in [9.17, 15) is 0 Å². The first kappa shape index (κ1) is 10.7. The van der Waals surface area contributed by atoms with Crippen molar-refractivity contribution in [2.45, 2.75) is 6.29 Å². The summed E-state index contributed by atoms with van der Waals surface area (Å²) in [4.78, 5) is 5.69. The third kappa shape index (κ3) is 2.05. The first-order chi connectivity index (χ1) is 8.34. The van der Waals surface area contributed by atoms with Gasteiger partial charge in [0.05, 0.1) is 6.61 Å². The lowest BCUT2D eigenvalue weighted by molar-refractivity contribution is -0.315. The summed E-state index contributed by atoms with van der Waals surface area (Å²) >= 11 is 0. The van der Waals surface area contributed by atoms with E-state index in [4.69, 9.17) is 9.57 Å². The summed E-state index contributed by atoms with van der Waals surface area (Å²) < 4.78 is 5.68. The van der Waals surface area contributed by atoms with Gasteiger partial charge in [0.25, 0.3) is 0 Å². The Bertz CT molecular complexity index is 521. The maximum absolute atomic E-state index is 5.69. The molecular formula is C14H15NO2. The van der Waals surface area contributed by atoms with Crippen molar-refractivity contribution in [3.63, 3.8) is 0 Å². The minimum atomic E-state index is -0.292. The summed E-state index contributed by atoms with van der Waals surface area (Å²) in [6.45, 7) is 1.51. The molecule has 3 nitrogen and oxygen atoms in total. The second-order valence-corrected chi connectivity index (χ2v) is 4.23. The number of hydroxylamine groups is 2. The second kappa shape index (κ2) is 4.45. The van der Waals surface area contributed by atoms with Gasteiger partial charge >= 0.3 is 0 Å². The number of hydrogen-bond donors (Lipinski definition) is 0. The fourth-order valence-corrected chi connectivity index (χ4v) is 2.14. The number of nitrogens with zero attached hydrogens (tertiary/aromatic N) is 1. The van der Waals surface area contributed by atoms with Gasteiger partial charge in [-0.1, -0.05) is 42.5 Å². The monoisotopic (exact) mass is 229 g/mol. The smallest absolute Gasteiger partial charge is 0.204 e. The molecule has 1 atom stereocenters. The summed E-state index contributed by atoms with van der Waals surface area (Å²) in [5, 5.41) is 4.23. The van der Waals surface area contributed by atoms with E-state index in [1.54, 1.807) is 0 Å². The van der Waals surface area contributed by atoms with Crippen LogP contribution in [-0.2, 0) is 9.57 Å². The van der Waals surface area contributed by atoms with Crippen LogP contribution in [0.1, 0.15) is 11.9 Å². The Morgan fingerprint density at radius 1 is 1.12 bits per heavy atom. The Morgan fingerprint density at radius 3 is 2.82 bits per heavy atom. The third-order valence-electron chi connectivity index (χ3n) is 3.03.